The van der Waals surface area contributed by atoms with Crippen molar-refractivity contribution in [1.29, 1.82) is 0 Å². The molecule has 5 fully saturated rings. The third kappa shape index (κ3) is 2.70. The van der Waals surface area contributed by atoms with Crippen LogP contribution in [0.2, 0.25) is 0 Å². The van der Waals surface area contributed by atoms with E-state index in [9.17, 15) is 0 Å². The van der Waals surface area contributed by atoms with Crippen LogP contribution in [0.25, 0.3) is 10.8 Å². The van der Waals surface area contributed by atoms with Gasteiger partial charge in [-0.05, 0) is 60.8 Å². The molecule has 1 saturated carbocycles. The highest BCUT2D eigenvalue weighted by Gasteiger charge is 2.69. The Kier molecular flexibility index (Phi) is 4.46. The Hall–Kier alpha value is -1.66. The van der Waals surface area contributed by atoms with Gasteiger partial charge in [-0.25, -0.2) is 9.78 Å². The highest BCUT2D eigenvalue weighted by molar-refractivity contribution is 5.88. The van der Waals surface area contributed by atoms with Crippen molar-refractivity contribution in [3.8, 4) is 5.75 Å². The first-order valence-electron chi connectivity index (χ1n) is 11.7. The number of benzene rings is 2. The maximum Gasteiger partial charge on any atom is 0.201 e. The Labute approximate surface area is 183 Å². The van der Waals surface area contributed by atoms with Gasteiger partial charge >= 0.3 is 0 Å². The fourth-order valence-corrected chi connectivity index (χ4v) is 6.98. The molecule has 2 aromatic rings. The van der Waals surface area contributed by atoms with E-state index < -0.39 is 17.7 Å². The minimum absolute atomic E-state index is 0.137. The summed E-state index contributed by atoms with van der Waals surface area (Å²) in [6.45, 7) is 6.63. The van der Waals surface area contributed by atoms with Crippen molar-refractivity contribution in [2.24, 2.45) is 23.7 Å². The number of rotatable bonds is 2. The zero-order chi connectivity index (χ0) is 21.4. The lowest BCUT2D eigenvalue weighted by Crippen LogP contribution is -2.69. The van der Waals surface area contributed by atoms with Gasteiger partial charge in [-0.1, -0.05) is 44.2 Å². The van der Waals surface area contributed by atoms with Crippen molar-refractivity contribution in [1.82, 2.24) is 0 Å². The van der Waals surface area contributed by atoms with Gasteiger partial charge in [0, 0.05) is 17.9 Å². The van der Waals surface area contributed by atoms with Crippen LogP contribution in [0, 0.1) is 23.7 Å². The van der Waals surface area contributed by atoms with Crippen LogP contribution in [-0.2, 0) is 19.2 Å². The van der Waals surface area contributed by atoms with Crippen LogP contribution >= 0.6 is 0 Å². The minimum atomic E-state index is -0.758. The van der Waals surface area contributed by atoms with Crippen molar-refractivity contribution < 1.29 is 24.0 Å². The molecule has 8 atom stereocenters. The number of fused-ring (bicyclic) bond motifs is 3. The van der Waals surface area contributed by atoms with E-state index in [0.29, 0.717) is 17.8 Å². The van der Waals surface area contributed by atoms with Crippen molar-refractivity contribution in [2.45, 2.75) is 70.2 Å². The first-order chi connectivity index (χ1) is 15.0. The van der Waals surface area contributed by atoms with Crippen LogP contribution in [0.15, 0.2) is 36.4 Å². The van der Waals surface area contributed by atoms with Gasteiger partial charge < -0.3 is 14.2 Å². The molecule has 0 N–H and O–H groups in total. The summed E-state index contributed by atoms with van der Waals surface area (Å²) < 4.78 is 19.3. The summed E-state index contributed by atoms with van der Waals surface area (Å²) in [5.41, 5.74) is 0.578. The Morgan fingerprint density at radius 3 is 2.65 bits per heavy atom. The van der Waals surface area contributed by atoms with E-state index in [0.717, 1.165) is 30.6 Å². The third-order valence-electron chi connectivity index (χ3n) is 8.59. The van der Waals surface area contributed by atoms with E-state index in [-0.39, 0.29) is 12.0 Å². The maximum atomic E-state index is 6.89. The summed E-state index contributed by atoms with van der Waals surface area (Å²) in [5, 5.41) is 2.37. The molecule has 4 saturated heterocycles. The molecule has 0 unspecified atom stereocenters. The van der Waals surface area contributed by atoms with Crippen molar-refractivity contribution in [3.05, 3.63) is 42.0 Å². The topological polar surface area (TPSA) is 46.2 Å². The predicted octanol–water partition coefficient (Wildman–Crippen LogP) is 5.77. The molecule has 0 radical (unpaired) electrons. The standard InChI is InChI=1S/C26H32O5/c1-15-9-11-20-16(2)23(22-18-8-6-5-7-17(18)10-12-21(22)27-4)28-24-26(20)19(15)13-14-25(3,29-24)30-31-26/h5-8,10,12,15-16,19-20,23-24H,9,11,13-14H2,1-4H3/t15-,16-,19+,20+,23-,24-,25+,26-/m1/s1. The number of methoxy groups -OCH3 is 1. The van der Waals surface area contributed by atoms with Gasteiger partial charge in [-0.2, -0.15) is 0 Å². The summed E-state index contributed by atoms with van der Waals surface area (Å²) in [5.74, 6) is 1.58. The Bertz CT molecular complexity index is 1010. The van der Waals surface area contributed by atoms with Crippen LogP contribution in [0.1, 0.15) is 58.1 Å². The fraction of sp³-hybridized carbons (Fsp3) is 0.615. The summed E-state index contributed by atoms with van der Waals surface area (Å²) in [7, 11) is 1.74. The molecule has 7 rings (SSSR count). The molecule has 0 amide bonds. The molecule has 4 heterocycles. The number of hydrogen-bond acceptors (Lipinski definition) is 5. The SMILES string of the molecule is COc1ccc2ccccc2c1[C@@H]1O[C@@H]2O[C@]3(C)CC[C@H]4[C@H](C)CC[C@@H]([C@H]1C)[C@@]24OO3. The fourth-order valence-electron chi connectivity index (χ4n) is 6.98. The van der Waals surface area contributed by atoms with Crippen molar-refractivity contribution in [2.75, 3.05) is 7.11 Å². The summed E-state index contributed by atoms with van der Waals surface area (Å²) in [4.78, 5) is 12.3. The van der Waals surface area contributed by atoms with E-state index >= 15 is 0 Å². The molecule has 0 aromatic heterocycles. The lowest BCUT2D eigenvalue weighted by atomic mass is 9.57. The van der Waals surface area contributed by atoms with E-state index in [1.165, 1.54) is 17.2 Å². The van der Waals surface area contributed by atoms with E-state index in [1.807, 2.05) is 6.92 Å². The second-order valence-corrected chi connectivity index (χ2v) is 10.2. The molecule has 2 aromatic carbocycles. The monoisotopic (exact) mass is 424 g/mol. The molecule has 166 valence electrons. The zero-order valence-electron chi connectivity index (χ0n) is 18.8. The van der Waals surface area contributed by atoms with Crippen molar-refractivity contribution >= 4 is 10.8 Å². The van der Waals surface area contributed by atoms with E-state index in [2.05, 4.69) is 50.2 Å². The van der Waals surface area contributed by atoms with Gasteiger partial charge in [0.25, 0.3) is 0 Å². The van der Waals surface area contributed by atoms with Crippen LogP contribution in [0.4, 0.5) is 0 Å². The zero-order valence-corrected chi connectivity index (χ0v) is 18.8. The molecule has 1 spiro atoms. The predicted molar refractivity (Wildman–Crippen MR) is 116 cm³/mol. The second kappa shape index (κ2) is 6.92. The lowest BCUT2D eigenvalue weighted by molar-refractivity contribution is -0.571. The van der Waals surface area contributed by atoms with Gasteiger partial charge in [0.15, 0.2) is 11.9 Å². The third-order valence-corrected chi connectivity index (χ3v) is 8.59. The Morgan fingerprint density at radius 1 is 0.968 bits per heavy atom. The molecule has 1 aliphatic carbocycles. The molecule has 5 nitrogen and oxygen atoms in total. The molecule has 4 aliphatic heterocycles. The van der Waals surface area contributed by atoms with Gasteiger partial charge in [-0.15, -0.1) is 0 Å². The number of ether oxygens (including phenoxy) is 3. The summed E-state index contributed by atoms with van der Waals surface area (Å²) in [6, 6.07) is 12.7. The van der Waals surface area contributed by atoms with Gasteiger partial charge in [-0.3, -0.25) is 0 Å². The molecule has 2 bridgehead atoms. The smallest absolute Gasteiger partial charge is 0.201 e. The highest BCUT2D eigenvalue weighted by atomic mass is 17.3. The maximum absolute atomic E-state index is 6.89. The van der Waals surface area contributed by atoms with Gasteiger partial charge in [0.2, 0.25) is 5.79 Å². The minimum Gasteiger partial charge on any atom is -0.496 e. The first-order valence-corrected chi connectivity index (χ1v) is 11.7. The molecule has 31 heavy (non-hydrogen) atoms. The summed E-state index contributed by atoms with van der Waals surface area (Å²) >= 11 is 0. The van der Waals surface area contributed by atoms with E-state index in [1.54, 1.807) is 7.11 Å². The van der Waals surface area contributed by atoms with Crippen LogP contribution in [0.3, 0.4) is 0 Å². The Morgan fingerprint density at radius 2 is 1.81 bits per heavy atom. The largest absolute Gasteiger partial charge is 0.496 e. The quantitative estimate of drug-likeness (QED) is 0.573. The summed E-state index contributed by atoms with van der Waals surface area (Å²) in [6.07, 6.45) is 3.58. The molecule has 5 aliphatic rings. The van der Waals surface area contributed by atoms with Crippen LogP contribution in [0.5, 0.6) is 5.75 Å². The van der Waals surface area contributed by atoms with Crippen molar-refractivity contribution in [3.63, 3.8) is 0 Å². The number of hydrogen-bond donors (Lipinski definition) is 0. The second-order valence-electron chi connectivity index (χ2n) is 10.2. The lowest BCUT2D eigenvalue weighted by Gasteiger charge is -2.60. The van der Waals surface area contributed by atoms with Gasteiger partial charge in [0.1, 0.15) is 5.75 Å². The Balaban J connectivity index is 1.51. The molecule has 5 heteroatoms. The molecular weight excluding hydrogens is 392 g/mol. The first kappa shape index (κ1) is 20.0. The average Bonchev–Trinajstić information content (AvgIpc) is 3.01. The van der Waals surface area contributed by atoms with E-state index in [4.69, 9.17) is 24.0 Å². The van der Waals surface area contributed by atoms with Crippen LogP contribution < -0.4 is 4.74 Å². The molecular formula is C26H32O5. The van der Waals surface area contributed by atoms with Gasteiger partial charge in [0.05, 0.1) is 13.2 Å². The highest BCUT2D eigenvalue weighted by Crippen LogP contribution is 2.63. The average molecular weight is 425 g/mol. The normalized spacial score (nSPS) is 44.0. The van der Waals surface area contributed by atoms with Crippen LogP contribution in [-0.4, -0.2) is 24.8 Å².